The van der Waals surface area contributed by atoms with Crippen LogP contribution < -0.4 is 5.32 Å². The number of amides is 1. The number of hydrogen-bond acceptors (Lipinski definition) is 4. The van der Waals surface area contributed by atoms with Crippen LogP contribution >= 0.6 is 23.2 Å². The topological polar surface area (TPSA) is 69.7 Å². The molecule has 1 heterocycles. The first-order chi connectivity index (χ1) is 13.3. The van der Waals surface area contributed by atoms with Gasteiger partial charge in [0, 0.05) is 37.2 Å². The molecule has 2 aliphatic rings. The van der Waals surface area contributed by atoms with Crippen molar-refractivity contribution in [3.8, 4) is 0 Å². The molecule has 28 heavy (non-hydrogen) atoms. The number of carbonyl (C=O) groups is 1. The average molecular weight is 448 g/mol. The van der Waals surface area contributed by atoms with E-state index in [1.165, 1.54) is 22.9 Å². The number of nitrogens with zero attached hydrogens (tertiary/aromatic N) is 2. The molecule has 1 saturated heterocycles. The largest absolute Gasteiger partial charge is 0.352 e. The summed E-state index contributed by atoms with van der Waals surface area (Å²) < 4.78 is 27.2. The van der Waals surface area contributed by atoms with E-state index >= 15 is 0 Å². The Balaban J connectivity index is 1.54. The van der Waals surface area contributed by atoms with Gasteiger partial charge in [-0.05, 0) is 37.0 Å². The fourth-order valence-electron chi connectivity index (χ4n) is 3.93. The van der Waals surface area contributed by atoms with Gasteiger partial charge in [0.15, 0.2) is 0 Å². The van der Waals surface area contributed by atoms with Gasteiger partial charge in [-0.2, -0.15) is 4.31 Å². The summed E-state index contributed by atoms with van der Waals surface area (Å²) in [5.41, 5.74) is 0. The molecular weight excluding hydrogens is 421 g/mol. The van der Waals surface area contributed by atoms with Crippen LogP contribution in [0.3, 0.4) is 0 Å². The Labute approximate surface area is 177 Å². The second kappa shape index (κ2) is 9.30. The monoisotopic (exact) mass is 447 g/mol. The number of carbonyl (C=O) groups excluding carboxylic acids is 1. The van der Waals surface area contributed by atoms with Gasteiger partial charge in [-0.25, -0.2) is 8.42 Å². The highest BCUT2D eigenvalue weighted by Crippen LogP contribution is 2.28. The minimum absolute atomic E-state index is 0.0212. The lowest BCUT2D eigenvalue weighted by Crippen LogP contribution is -2.52. The lowest BCUT2D eigenvalue weighted by atomic mass is 9.86. The number of rotatable bonds is 5. The molecule has 0 aromatic heterocycles. The number of piperazine rings is 1. The van der Waals surface area contributed by atoms with Crippen LogP contribution in [0.4, 0.5) is 0 Å². The summed E-state index contributed by atoms with van der Waals surface area (Å²) in [4.78, 5) is 14.4. The molecule has 0 unspecified atom stereocenters. The maximum absolute atomic E-state index is 12.9. The van der Waals surface area contributed by atoms with Crippen molar-refractivity contribution in [1.29, 1.82) is 0 Å². The highest BCUT2D eigenvalue weighted by atomic mass is 35.5. The molecule has 1 aromatic rings. The van der Waals surface area contributed by atoms with Crippen LogP contribution in [0.15, 0.2) is 23.1 Å². The van der Waals surface area contributed by atoms with Crippen molar-refractivity contribution in [3.05, 3.63) is 28.2 Å². The lowest BCUT2D eigenvalue weighted by Gasteiger charge is -2.35. The maximum atomic E-state index is 12.9. The minimum Gasteiger partial charge on any atom is -0.352 e. The van der Waals surface area contributed by atoms with Gasteiger partial charge in [-0.1, -0.05) is 43.0 Å². The SMILES string of the molecule is C[C@H]1CCCC[C@@H]1NC(=O)CN1CCN(S(=O)(=O)c2cc(Cl)ccc2Cl)CC1. The molecule has 0 radical (unpaired) electrons. The summed E-state index contributed by atoms with van der Waals surface area (Å²) in [6, 6.07) is 4.69. The highest BCUT2D eigenvalue weighted by Gasteiger charge is 2.31. The quantitative estimate of drug-likeness (QED) is 0.752. The van der Waals surface area contributed by atoms with E-state index in [0.29, 0.717) is 43.7 Å². The van der Waals surface area contributed by atoms with Gasteiger partial charge in [0.1, 0.15) is 4.90 Å². The molecule has 3 rings (SSSR count). The number of sulfonamides is 1. The van der Waals surface area contributed by atoms with Gasteiger partial charge < -0.3 is 5.32 Å². The Hall–Kier alpha value is -0.860. The summed E-state index contributed by atoms with van der Waals surface area (Å²) >= 11 is 12.0. The van der Waals surface area contributed by atoms with Gasteiger partial charge in [0.25, 0.3) is 0 Å². The van der Waals surface area contributed by atoms with Crippen LogP contribution in [0.2, 0.25) is 10.0 Å². The number of hydrogen-bond donors (Lipinski definition) is 1. The van der Waals surface area contributed by atoms with Gasteiger partial charge >= 0.3 is 0 Å². The molecule has 1 aliphatic heterocycles. The van der Waals surface area contributed by atoms with Crippen LogP contribution in [0.1, 0.15) is 32.6 Å². The zero-order chi connectivity index (χ0) is 20.3. The van der Waals surface area contributed by atoms with Crippen LogP contribution in [-0.4, -0.2) is 62.3 Å². The third kappa shape index (κ3) is 5.19. The predicted molar refractivity (Wildman–Crippen MR) is 111 cm³/mol. The van der Waals surface area contributed by atoms with Crippen molar-refractivity contribution in [2.24, 2.45) is 5.92 Å². The van der Waals surface area contributed by atoms with Gasteiger partial charge in [-0.3, -0.25) is 9.69 Å². The van der Waals surface area contributed by atoms with Gasteiger partial charge in [-0.15, -0.1) is 0 Å². The lowest BCUT2D eigenvalue weighted by molar-refractivity contribution is -0.123. The molecule has 2 atom stereocenters. The Morgan fingerprint density at radius 1 is 1.14 bits per heavy atom. The smallest absolute Gasteiger partial charge is 0.244 e. The third-order valence-corrected chi connectivity index (χ3v) is 8.28. The second-order valence-corrected chi connectivity index (χ2v) is 10.4. The van der Waals surface area contributed by atoms with Crippen LogP contribution in [-0.2, 0) is 14.8 Å². The average Bonchev–Trinajstić information content (AvgIpc) is 2.66. The van der Waals surface area contributed by atoms with Crippen LogP contribution in [0.5, 0.6) is 0 Å². The van der Waals surface area contributed by atoms with E-state index in [1.54, 1.807) is 6.07 Å². The molecular formula is C19H27Cl2N3O3S. The molecule has 0 bridgehead atoms. The van der Waals surface area contributed by atoms with Crippen molar-refractivity contribution in [3.63, 3.8) is 0 Å². The summed E-state index contributed by atoms with van der Waals surface area (Å²) in [6.07, 6.45) is 4.60. The summed E-state index contributed by atoms with van der Waals surface area (Å²) in [6.45, 7) is 4.14. The molecule has 2 fully saturated rings. The molecule has 1 aliphatic carbocycles. The standard InChI is InChI=1S/C19H27Cl2N3O3S/c1-14-4-2-3-5-17(14)22-19(25)13-23-8-10-24(11-9-23)28(26,27)18-12-15(20)6-7-16(18)21/h6-7,12,14,17H,2-5,8-11,13H2,1H3,(H,22,25)/t14-,17-/m0/s1. The number of nitrogens with one attached hydrogen (secondary N) is 1. The van der Waals surface area contributed by atoms with Crippen molar-refractivity contribution < 1.29 is 13.2 Å². The van der Waals surface area contributed by atoms with Gasteiger partial charge in [0.05, 0.1) is 11.6 Å². The number of halogens is 2. The summed E-state index contributed by atoms with van der Waals surface area (Å²) in [5, 5.41) is 3.64. The predicted octanol–water partition coefficient (Wildman–Crippen LogP) is 2.99. The Bertz CT molecular complexity index is 811. The normalized spacial score (nSPS) is 24.8. The molecule has 1 amide bonds. The molecule has 1 aromatic carbocycles. The molecule has 1 N–H and O–H groups in total. The molecule has 156 valence electrons. The summed E-state index contributed by atoms with van der Waals surface area (Å²) in [7, 11) is -3.71. The Morgan fingerprint density at radius 3 is 2.50 bits per heavy atom. The van der Waals surface area contributed by atoms with E-state index < -0.39 is 10.0 Å². The van der Waals surface area contributed by atoms with Crippen molar-refractivity contribution in [2.75, 3.05) is 32.7 Å². The molecule has 6 nitrogen and oxygen atoms in total. The molecule has 0 spiro atoms. The minimum atomic E-state index is -3.71. The van der Waals surface area contributed by atoms with E-state index in [-0.39, 0.29) is 21.9 Å². The maximum Gasteiger partial charge on any atom is 0.244 e. The fourth-order valence-corrected chi connectivity index (χ4v) is 6.09. The summed E-state index contributed by atoms with van der Waals surface area (Å²) in [5.74, 6) is 0.537. The first kappa shape index (κ1) is 21.8. The third-order valence-electron chi connectivity index (χ3n) is 5.67. The highest BCUT2D eigenvalue weighted by molar-refractivity contribution is 7.89. The van der Waals surface area contributed by atoms with Crippen molar-refractivity contribution in [1.82, 2.24) is 14.5 Å². The van der Waals surface area contributed by atoms with E-state index in [1.807, 2.05) is 4.90 Å². The van der Waals surface area contributed by atoms with Crippen LogP contribution in [0, 0.1) is 5.92 Å². The zero-order valence-electron chi connectivity index (χ0n) is 16.0. The number of benzene rings is 1. The van der Waals surface area contributed by atoms with Crippen molar-refractivity contribution in [2.45, 2.75) is 43.5 Å². The Kier molecular flexibility index (Phi) is 7.26. The zero-order valence-corrected chi connectivity index (χ0v) is 18.4. The first-order valence-electron chi connectivity index (χ1n) is 9.74. The van der Waals surface area contributed by atoms with E-state index in [4.69, 9.17) is 23.2 Å². The van der Waals surface area contributed by atoms with Crippen molar-refractivity contribution >= 4 is 39.1 Å². The Morgan fingerprint density at radius 2 is 1.82 bits per heavy atom. The molecule has 1 saturated carbocycles. The van der Waals surface area contributed by atoms with E-state index in [0.717, 1.165) is 19.3 Å². The molecule has 9 heteroatoms. The second-order valence-electron chi connectivity index (χ2n) is 7.69. The van der Waals surface area contributed by atoms with E-state index in [9.17, 15) is 13.2 Å². The fraction of sp³-hybridized carbons (Fsp3) is 0.632. The van der Waals surface area contributed by atoms with Gasteiger partial charge in [0.2, 0.25) is 15.9 Å². The van der Waals surface area contributed by atoms with Crippen LogP contribution in [0.25, 0.3) is 0 Å². The first-order valence-corrected chi connectivity index (χ1v) is 11.9. The van der Waals surface area contributed by atoms with E-state index in [2.05, 4.69) is 12.2 Å².